The predicted octanol–water partition coefficient (Wildman–Crippen LogP) is 4.30. The van der Waals surface area contributed by atoms with Gasteiger partial charge in [-0.05, 0) is 38.8 Å². The number of carbonyl (C=O) groups excluding carboxylic acids is 2. The lowest BCUT2D eigenvalue weighted by molar-refractivity contribution is -0.157. The first-order chi connectivity index (χ1) is 13.1. The van der Waals surface area contributed by atoms with Gasteiger partial charge in [-0.2, -0.15) is 0 Å². The zero-order valence-electron chi connectivity index (χ0n) is 17.4. The highest BCUT2D eigenvalue weighted by molar-refractivity contribution is 5.72. The van der Waals surface area contributed by atoms with Gasteiger partial charge in [-0.25, -0.2) is 0 Å². The number of ether oxygens (including phenoxy) is 2. The fourth-order valence-corrected chi connectivity index (χ4v) is 2.48. The van der Waals surface area contributed by atoms with E-state index >= 15 is 0 Å². The van der Waals surface area contributed by atoms with Crippen molar-refractivity contribution >= 4 is 11.9 Å². The average Bonchev–Trinajstić information content (AvgIpc) is 2.69. The monoisotopic (exact) mass is 385 g/mol. The van der Waals surface area contributed by atoms with Crippen molar-refractivity contribution in [1.29, 1.82) is 0 Å². The third kappa shape index (κ3) is 7.53. The molecule has 2 aromatic carbocycles. The molecule has 0 aliphatic carbocycles. The quantitative estimate of drug-likeness (QED) is 0.750. The molecule has 0 amide bonds. The fraction of sp³-hybridized carbons (Fsp3) is 0.391. The van der Waals surface area contributed by atoms with E-state index in [4.69, 9.17) is 15.2 Å². The van der Waals surface area contributed by atoms with Gasteiger partial charge in [0.1, 0.15) is 11.2 Å². The Hall–Kier alpha value is -2.66. The van der Waals surface area contributed by atoms with Crippen LogP contribution in [0.5, 0.6) is 0 Å². The third-order valence-corrected chi connectivity index (χ3v) is 4.13. The summed E-state index contributed by atoms with van der Waals surface area (Å²) in [5.74, 6) is -0.558. The molecule has 5 nitrogen and oxygen atoms in total. The fourth-order valence-electron chi connectivity index (χ4n) is 2.48. The molecule has 152 valence electrons. The number of rotatable bonds is 6. The molecule has 0 spiro atoms. The molecule has 0 aliphatic heterocycles. The molecular weight excluding hydrogens is 354 g/mol. The minimum Gasteiger partial charge on any atom is -0.455 e. The number of carbonyl (C=O) groups is 2. The summed E-state index contributed by atoms with van der Waals surface area (Å²) in [6.07, 6.45) is 0.413. The van der Waals surface area contributed by atoms with Crippen LogP contribution in [0.15, 0.2) is 60.7 Å². The van der Waals surface area contributed by atoms with Gasteiger partial charge in [0.15, 0.2) is 0 Å². The maximum atomic E-state index is 11.2. The molecule has 0 saturated carbocycles. The Morgan fingerprint density at radius 1 is 0.750 bits per heavy atom. The van der Waals surface area contributed by atoms with Gasteiger partial charge in [-0.15, -0.1) is 0 Å². The summed E-state index contributed by atoms with van der Waals surface area (Å²) in [6.45, 7) is 9.19. The van der Waals surface area contributed by atoms with E-state index in [0.29, 0.717) is 6.42 Å². The minimum atomic E-state index is -0.613. The van der Waals surface area contributed by atoms with Crippen LogP contribution in [-0.4, -0.2) is 18.5 Å². The zero-order chi connectivity index (χ0) is 21.2. The summed E-state index contributed by atoms with van der Waals surface area (Å²) in [5, 5.41) is 0. The second kappa shape index (κ2) is 10.6. The van der Waals surface area contributed by atoms with E-state index in [-0.39, 0.29) is 18.5 Å². The van der Waals surface area contributed by atoms with Gasteiger partial charge in [0.2, 0.25) is 0 Å². The molecule has 0 bridgehead atoms. The molecule has 0 radical (unpaired) electrons. The third-order valence-electron chi connectivity index (χ3n) is 4.13. The summed E-state index contributed by atoms with van der Waals surface area (Å²) in [6, 6.07) is 19.3. The van der Waals surface area contributed by atoms with Crippen LogP contribution in [0, 0.1) is 0 Å². The lowest BCUT2D eigenvalue weighted by Crippen LogP contribution is -2.29. The van der Waals surface area contributed by atoms with Gasteiger partial charge < -0.3 is 15.2 Å². The normalized spacial score (nSPS) is 11.1. The first-order valence-corrected chi connectivity index (χ1v) is 9.37. The Bertz CT molecular complexity index is 674. The number of hydrogen-bond donors (Lipinski definition) is 1. The Balaban J connectivity index is 0.000000280. The van der Waals surface area contributed by atoms with E-state index in [0.717, 1.165) is 11.1 Å². The molecule has 0 saturated heterocycles. The van der Waals surface area contributed by atoms with Crippen molar-refractivity contribution in [1.82, 2.24) is 0 Å². The molecule has 0 aliphatic rings. The molecule has 28 heavy (non-hydrogen) atoms. The number of nitrogens with two attached hydrogens (primary N) is 1. The molecule has 2 N–H and O–H groups in total. The Morgan fingerprint density at radius 3 is 1.43 bits per heavy atom. The van der Waals surface area contributed by atoms with Crippen molar-refractivity contribution in [2.75, 3.05) is 6.54 Å². The molecule has 0 unspecified atom stereocenters. The number of benzene rings is 2. The van der Waals surface area contributed by atoms with Crippen LogP contribution >= 0.6 is 0 Å². The van der Waals surface area contributed by atoms with Gasteiger partial charge in [0, 0.05) is 6.42 Å². The molecule has 5 heteroatoms. The van der Waals surface area contributed by atoms with Crippen molar-refractivity contribution in [2.45, 2.75) is 52.2 Å². The van der Waals surface area contributed by atoms with Gasteiger partial charge in [-0.1, -0.05) is 67.6 Å². The topological polar surface area (TPSA) is 78.6 Å². The van der Waals surface area contributed by atoms with E-state index in [2.05, 4.69) is 0 Å². The predicted molar refractivity (Wildman–Crippen MR) is 110 cm³/mol. The van der Waals surface area contributed by atoms with Gasteiger partial charge in [0.25, 0.3) is 0 Å². The Labute approximate surface area is 167 Å². The smallest absolute Gasteiger partial charge is 0.320 e. The standard InChI is InChI=1S/C12H16O2.C11H15NO2/c1-4-11(13)14-12(2,3)10-8-6-5-7-9-10;1-11(2,14-10(13)8-12)9-6-4-3-5-7-9/h5-9H,4H2,1-3H3;3-7H,8,12H2,1-2H3. The average molecular weight is 386 g/mol. The van der Waals surface area contributed by atoms with E-state index in [9.17, 15) is 9.59 Å². The zero-order valence-corrected chi connectivity index (χ0v) is 17.4. The highest BCUT2D eigenvalue weighted by atomic mass is 16.6. The largest absolute Gasteiger partial charge is 0.455 e. The first-order valence-electron chi connectivity index (χ1n) is 9.37. The van der Waals surface area contributed by atoms with E-state index in [1.54, 1.807) is 6.92 Å². The van der Waals surface area contributed by atoms with Crippen LogP contribution in [0.4, 0.5) is 0 Å². The second-order valence-corrected chi connectivity index (χ2v) is 7.26. The Morgan fingerprint density at radius 2 is 1.11 bits per heavy atom. The van der Waals surface area contributed by atoms with E-state index in [1.165, 1.54) is 0 Å². The van der Waals surface area contributed by atoms with Crippen molar-refractivity contribution in [2.24, 2.45) is 5.73 Å². The lowest BCUT2D eigenvalue weighted by atomic mass is 9.98. The maximum absolute atomic E-state index is 11.2. The molecule has 2 rings (SSSR count). The van der Waals surface area contributed by atoms with Crippen molar-refractivity contribution < 1.29 is 19.1 Å². The van der Waals surface area contributed by atoms with Crippen LogP contribution in [0.2, 0.25) is 0 Å². The van der Waals surface area contributed by atoms with Crippen molar-refractivity contribution in [3.63, 3.8) is 0 Å². The first kappa shape index (κ1) is 23.4. The highest BCUT2D eigenvalue weighted by Crippen LogP contribution is 2.25. The lowest BCUT2D eigenvalue weighted by Gasteiger charge is -2.25. The summed E-state index contributed by atoms with van der Waals surface area (Å²) in [5.41, 5.74) is 6.01. The molecule has 0 heterocycles. The number of esters is 2. The van der Waals surface area contributed by atoms with Crippen LogP contribution in [0.3, 0.4) is 0 Å². The minimum absolute atomic E-state index is 0.0870. The Kier molecular flexibility index (Phi) is 8.86. The summed E-state index contributed by atoms with van der Waals surface area (Å²) >= 11 is 0. The van der Waals surface area contributed by atoms with E-state index in [1.807, 2.05) is 88.4 Å². The number of hydrogen-bond acceptors (Lipinski definition) is 5. The molecular formula is C23H31NO4. The maximum Gasteiger partial charge on any atom is 0.320 e. The van der Waals surface area contributed by atoms with Crippen molar-refractivity contribution in [3.05, 3.63) is 71.8 Å². The molecule has 2 aromatic rings. The van der Waals surface area contributed by atoms with Crippen LogP contribution in [0.25, 0.3) is 0 Å². The van der Waals surface area contributed by atoms with Gasteiger partial charge >= 0.3 is 11.9 Å². The van der Waals surface area contributed by atoms with Gasteiger partial charge in [-0.3, -0.25) is 9.59 Å². The SMILES string of the molecule is CC(C)(OC(=O)CN)c1ccccc1.CCC(=O)OC(C)(C)c1ccccc1. The highest BCUT2D eigenvalue weighted by Gasteiger charge is 2.24. The van der Waals surface area contributed by atoms with Crippen LogP contribution < -0.4 is 5.73 Å². The second-order valence-electron chi connectivity index (χ2n) is 7.26. The van der Waals surface area contributed by atoms with E-state index < -0.39 is 11.2 Å². The molecule has 0 aromatic heterocycles. The van der Waals surface area contributed by atoms with Gasteiger partial charge in [0.05, 0.1) is 6.54 Å². The summed E-state index contributed by atoms with van der Waals surface area (Å²) in [4.78, 5) is 22.2. The van der Waals surface area contributed by atoms with Crippen LogP contribution in [-0.2, 0) is 30.3 Å². The molecule has 0 fully saturated rings. The summed E-state index contributed by atoms with van der Waals surface area (Å²) < 4.78 is 10.5. The van der Waals surface area contributed by atoms with Crippen molar-refractivity contribution in [3.8, 4) is 0 Å². The molecule has 0 atom stereocenters. The van der Waals surface area contributed by atoms with Crippen LogP contribution in [0.1, 0.15) is 52.2 Å². The summed E-state index contributed by atoms with van der Waals surface area (Å²) in [7, 11) is 0.